The van der Waals surface area contributed by atoms with Gasteiger partial charge in [0.15, 0.2) is 0 Å². The van der Waals surface area contributed by atoms with Gasteiger partial charge in [-0.15, -0.1) is 0 Å². The molecule has 4 rings (SSSR count). The van der Waals surface area contributed by atoms with Crippen molar-refractivity contribution in [3.8, 4) is 0 Å². The molecular formula is C18H17NO. The van der Waals surface area contributed by atoms with Crippen LogP contribution in [0.15, 0.2) is 47.1 Å². The summed E-state index contributed by atoms with van der Waals surface area (Å²) < 4.78 is 5.58. The average Bonchev–Trinajstić information content (AvgIpc) is 3.07. The summed E-state index contributed by atoms with van der Waals surface area (Å²) in [7, 11) is 0. The summed E-state index contributed by atoms with van der Waals surface area (Å²) in [4.78, 5) is 0. The van der Waals surface area contributed by atoms with Crippen LogP contribution in [-0.4, -0.2) is 0 Å². The first-order valence-electron chi connectivity index (χ1n) is 7.08. The van der Waals surface area contributed by atoms with E-state index in [0.29, 0.717) is 0 Å². The monoisotopic (exact) mass is 263 g/mol. The van der Waals surface area contributed by atoms with E-state index in [1.165, 1.54) is 21.9 Å². The summed E-state index contributed by atoms with van der Waals surface area (Å²) in [6, 6.07) is 12.7. The maximum absolute atomic E-state index is 6.45. The largest absolute Gasteiger partial charge is 0.467 e. The summed E-state index contributed by atoms with van der Waals surface area (Å²) in [5.74, 6) is 0.865. The van der Waals surface area contributed by atoms with Gasteiger partial charge in [0.25, 0.3) is 0 Å². The Bertz CT molecular complexity index is 790. The van der Waals surface area contributed by atoms with E-state index >= 15 is 0 Å². The fraction of sp³-hybridized carbons (Fsp3) is 0.222. The summed E-state index contributed by atoms with van der Waals surface area (Å²) >= 11 is 0. The van der Waals surface area contributed by atoms with Gasteiger partial charge in [0.1, 0.15) is 5.76 Å². The number of nitrogens with two attached hydrogens (primary N) is 1. The van der Waals surface area contributed by atoms with Gasteiger partial charge in [-0.05, 0) is 58.9 Å². The third kappa shape index (κ3) is 1.55. The van der Waals surface area contributed by atoms with Crippen LogP contribution < -0.4 is 5.73 Å². The highest BCUT2D eigenvalue weighted by Crippen LogP contribution is 2.36. The lowest BCUT2D eigenvalue weighted by Gasteiger charge is -2.15. The molecule has 0 saturated heterocycles. The smallest absolute Gasteiger partial charge is 0.127 e. The molecule has 100 valence electrons. The second kappa shape index (κ2) is 4.22. The van der Waals surface area contributed by atoms with Crippen LogP contribution in [0.2, 0.25) is 0 Å². The summed E-state index contributed by atoms with van der Waals surface area (Å²) in [5, 5.41) is 2.69. The molecular weight excluding hydrogens is 246 g/mol. The Morgan fingerprint density at radius 2 is 1.85 bits per heavy atom. The number of benzene rings is 2. The first-order valence-corrected chi connectivity index (χ1v) is 7.08. The van der Waals surface area contributed by atoms with Crippen molar-refractivity contribution in [1.29, 1.82) is 0 Å². The number of hydrogen-bond donors (Lipinski definition) is 1. The van der Waals surface area contributed by atoms with E-state index in [4.69, 9.17) is 10.2 Å². The standard InChI is InChI=1S/C18H17NO/c1-11-9-10-20-18(11)17(19)15-8-7-13-6-5-12-3-2-4-14(15)16(12)13/h2-4,7-10,17H,5-6,19H2,1H3. The second-order valence-corrected chi connectivity index (χ2v) is 5.60. The minimum absolute atomic E-state index is 0.199. The van der Waals surface area contributed by atoms with E-state index in [0.717, 1.165) is 29.7 Å². The van der Waals surface area contributed by atoms with Crippen molar-refractivity contribution in [3.05, 3.63) is 70.7 Å². The minimum Gasteiger partial charge on any atom is -0.467 e. The molecule has 1 aliphatic carbocycles. The highest BCUT2D eigenvalue weighted by molar-refractivity contribution is 5.93. The molecule has 2 N–H and O–H groups in total. The number of aryl methyl sites for hydroxylation is 3. The van der Waals surface area contributed by atoms with Crippen LogP contribution in [-0.2, 0) is 12.8 Å². The second-order valence-electron chi connectivity index (χ2n) is 5.60. The average molecular weight is 263 g/mol. The van der Waals surface area contributed by atoms with Crippen LogP contribution in [0.5, 0.6) is 0 Å². The van der Waals surface area contributed by atoms with Crippen molar-refractivity contribution in [3.63, 3.8) is 0 Å². The fourth-order valence-electron chi connectivity index (χ4n) is 3.38. The van der Waals surface area contributed by atoms with Crippen molar-refractivity contribution in [2.75, 3.05) is 0 Å². The number of hydrogen-bond acceptors (Lipinski definition) is 2. The molecule has 0 bridgehead atoms. The molecule has 0 amide bonds. The van der Waals surface area contributed by atoms with Crippen LogP contribution in [0.4, 0.5) is 0 Å². The van der Waals surface area contributed by atoms with Gasteiger partial charge in [0.2, 0.25) is 0 Å². The molecule has 3 aromatic rings. The molecule has 2 aromatic carbocycles. The molecule has 0 saturated carbocycles. The van der Waals surface area contributed by atoms with Crippen molar-refractivity contribution in [2.24, 2.45) is 5.73 Å². The molecule has 0 spiro atoms. The normalized spacial score (nSPS) is 14.9. The predicted molar refractivity (Wildman–Crippen MR) is 80.8 cm³/mol. The molecule has 1 heterocycles. The lowest BCUT2D eigenvalue weighted by Crippen LogP contribution is -2.12. The molecule has 0 radical (unpaired) electrons. The van der Waals surface area contributed by atoms with Gasteiger partial charge < -0.3 is 10.2 Å². The number of rotatable bonds is 2. The summed E-state index contributed by atoms with van der Waals surface area (Å²) in [6.45, 7) is 2.04. The van der Waals surface area contributed by atoms with Crippen LogP contribution >= 0.6 is 0 Å². The first kappa shape index (κ1) is 11.7. The van der Waals surface area contributed by atoms with E-state index in [2.05, 4.69) is 30.3 Å². The Morgan fingerprint density at radius 3 is 2.60 bits per heavy atom. The van der Waals surface area contributed by atoms with E-state index in [-0.39, 0.29) is 6.04 Å². The van der Waals surface area contributed by atoms with Gasteiger partial charge in [-0.1, -0.05) is 30.3 Å². The molecule has 2 nitrogen and oxygen atoms in total. The van der Waals surface area contributed by atoms with Crippen molar-refractivity contribution >= 4 is 10.8 Å². The predicted octanol–water partition coefficient (Wildman–Crippen LogP) is 3.89. The molecule has 1 aromatic heterocycles. The maximum atomic E-state index is 6.45. The summed E-state index contributed by atoms with van der Waals surface area (Å²) in [6.07, 6.45) is 4.00. The van der Waals surface area contributed by atoms with Gasteiger partial charge in [0.05, 0.1) is 12.3 Å². The molecule has 0 fully saturated rings. The molecule has 20 heavy (non-hydrogen) atoms. The van der Waals surface area contributed by atoms with Crippen molar-refractivity contribution < 1.29 is 4.42 Å². The molecule has 0 aliphatic heterocycles. The fourth-order valence-corrected chi connectivity index (χ4v) is 3.38. The molecule has 1 unspecified atom stereocenters. The molecule has 1 aliphatic rings. The van der Waals surface area contributed by atoms with Crippen molar-refractivity contribution in [2.45, 2.75) is 25.8 Å². The van der Waals surface area contributed by atoms with Crippen molar-refractivity contribution in [1.82, 2.24) is 0 Å². The Hall–Kier alpha value is -2.06. The zero-order valence-electron chi connectivity index (χ0n) is 11.5. The van der Waals surface area contributed by atoms with Crippen LogP contribution in [0.1, 0.15) is 34.1 Å². The van der Waals surface area contributed by atoms with Crippen LogP contribution in [0, 0.1) is 6.92 Å². The van der Waals surface area contributed by atoms with E-state index in [1.807, 2.05) is 13.0 Å². The van der Waals surface area contributed by atoms with Crippen LogP contribution in [0.25, 0.3) is 10.8 Å². The summed E-state index contributed by atoms with van der Waals surface area (Å²) in [5.41, 5.74) is 11.6. The lowest BCUT2D eigenvalue weighted by molar-refractivity contribution is 0.487. The Labute approximate surface area is 118 Å². The van der Waals surface area contributed by atoms with E-state index in [1.54, 1.807) is 6.26 Å². The lowest BCUT2D eigenvalue weighted by atomic mass is 9.94. The number of furan rings is 1. The highest BCUT2D eigenvalue weighted by atomic mass is 16.3. The van der Waals surface area contributed by atoms with Gasteiger partial charge in [-0.25, -0.2) is 0 Å². The Kier molecular flexibility index (Phi) is 2.48. The highest BCUT2D eigenvalue weighted by Gasteiger charge is 2.21. The quantitative estimate of drug-likeness (QED) is 0.762. The minimum atomic E-state index is -0.199. The maximum Gasteiger partial charge on any atom is 0.127 e. The third-order valence-electron chi connectivity index (χ3n) is 4.43. The van der Waals surface area contributed by atoms with Crippen LogP contribution in [0.3, 0.4) is 0 Å². The van der Waals surface area contributed by atoms with Gasteiger partial charge in [-0.2, -0.15) is 0 Å². The first-order chi connectivity index (χ1) is 9.75. The van der Waals surface area contributed by atoms with Gasteiger partial charge >= 0.3 is 0 Å². The zero-order valence-corrected chi connectivity index (χ0v) is 11.5. The topological polar surface area (TPSA) is 39.2 Å². The SMILES string of the molecule is Cc1ccoc1C(N)c1ccc2c3c(cccc13)CC2. The van der Waals surface area contributed by atoms with Gasteiger partial charge in [-0.3, -0.25) is 0 Å². The van der Waals surface area contributed by atoms with Gasteiger partial charge in [0, 0.05) is 0 Å². The van der Waals surface area contributed by atoms with E-state index < -0.39 is 0 Å². The Morgan fingerprint density at radius 1 is 1.05 bits per heavy atom. The van der Waals surface area contributed by atoms with E-state index in [9.17, 15) is 0 Å². The third-order valence-corrected chi connectivity index (χ3v) is 4.43. The molecule has 1 atom stereocenters. The molecule has 2 heteroatoms. The Balaban J connectivity index is 1.96. The zero-order chi connectivity index (χ0) is 13.7.